The lowest BCUT2D eigenvalue weighted by Crippen LogP contribution is -2.53. The van der Waals surface area contributed by atoms with Crippen molar-refractivity contribution in [1.29, 1.82) is 0 Å². The number of benzene rings is 1. The van der Waals surface area contributed by atoms with E-state index >= 15 is 0 Å². The van der Waals surface area contributed by atoms with Crippen LogP contribution in [0.25, 0.3) is 0 Å². The third-order valence-electron chi connectivity index (χ3n) is 4.27. The molecule has 2 unspecified atom stereocenters. The maximum absolute atomic E-state index is 11.7. The normalized spacial score (nSPS) is 18.3. The van der Waals surface area contributed by atoms with E-state index in [0.717, 1.165) is 26.2 Å². The topological polar surface area (TPSA) is 67.8 Å². The van der Waals surface area contributed by atoms with Gasteiger partial charge in [0.15, 0.2) is 0 Å². The van der Waals surface area contributed by atoms with Gasteiger partial charge in [-0.2, -0.15) is 0 Å². The molecule has 1 fully saturated rings. The highest BCUT2D eigenvalue weighted by Gasteiger charge is 2.21. The van der Waals surface area contributed by atoms with E-state index in [1.54, 1.807) is 6.92 Å². The molecule has 0 saturated carbocycles. The van der Waals surface area contributed by atoms with Crippen LogP contribution in [0.15, 0.2) is 30.3 Å². The van der Waals surface area contributed by atoms with E-state index < -0.39 is 0 Å². The fourth-order valence-corrected chi connectivity index (χ4v) is 2.75. The fraction of sp³-hybridized carbons (Fsp3) is 0.588. The van der Waals surface area contributed by atoms with Crippen LogP contribution in [0.2, 0.25) is 0 Å². The van der Waals surface area contributed by atoms with Gasteiger partial charge >= 0.3 is 6.03 Å². The highest BCUT2D eigenvalue weighted by Crippen LogP contribution is 2.16. The van der Waals surface area contributed by atoms with E-state index in [4.69, 9.17) is 5.11 Å². The van der Waals surface area contributed by atoms with Crippen molar-refractivity contribution in [1.82, 2.24) is 15.5 Å². The number of para-hydroxylation sites is 1. The number of nitrogens with one attached hydrogen (secondary N) is 2. The van der Waals surface area contributed by atoms with Crippen LogP contribution in [0.4, 0.5) is 10.5 Å². The van der Waals surface area contributed by atoms with Crippen LogP contribution in [0, 0.1) is 0 Å². The Labute approximate surface area is 138 Å². The van der Waals surface area contributed by atoms with Crippen LogP contribution < -0.4 is 15.5 Å². The minimum Gasteiger partial charge on any atom is -0.394 e. The van der Waals surface area contributed by atoms with Crippen molar-refractivity contribution in [2.24, 2.45) is 0 Å². The van der Waals surface area contributed by atoms with Gasteiger partial charge in [0.05, 0.1) is 12.6 Å². The second-order valence-corrected chi connectivity index (χ2v) is 6.15. The predicted molar refractivity (Wildman–Crippen MR) is 92.8 cm³/mol. The molecule has 2 atom stereocenters. The molecule has 0 bridgehead atoms. The Kier molecular flexibility index (Phi) is 6.67. The maximum atomic E-state index is 11.7. The number of rotatable bonds is 6. The smallest absolute Gasteiger partial charge is 0.315 e. The van der Waals surface area contributed by atoms with Gasteiger partial charge in [-0.15, -0.1) is 0 Å². The number of aliphatic hydroxyl groups is 1. The maximum Gasteiger partial charge on any atom is 0.315 e. The van der Waals surface area contributed by atoms with Crippen LogP contribution in [0.5, 0.6) is 0 Å². The summed E-state index contributed by atoms with van der Waals surface area (Å²) in [4.78, 5) is 16.5. The molecule has 0 spiro atoms. The number of anilines is 1. The molecule has 1 heterocycles. The molecule has 6 nitrogen and oxygen atoms in total. The average molecular weight is 320 g/mol. The number of hydrogen-bond donors (Lipinski definition) is 3. The fourth-order valence-electron chi connectivity index (χ4n) is 2.75. The van der Waals surface area contributed by atoms with Crippen LogP contribution in [-0.4, -0.2) is 67.5 Å². The number of carbonyl (C=O) groups excluding carboxylic acids is 1. The van der Waals surface area contributed by atoms with Crippen molar-refractivity contribution in [2.75, 3.05) is 44.2 Å². The van der Waals surface area contributed by atoms with Gasteiger partial charge in [-0.3, -0.25) is 4.90 Å². The van der Waals surface area contributed by atoms with Gasteiger partial charge in [-0.25, -0.2) is 4.79 Å². The molecule has 1 aromatic carbocycles. The number of amides is 2. The van der Waals surface area contributed by atoms with E-state index in [1.807, 2.05) is 6.07 Å². The molecule has 0 aliphatic carbocycles. The van der Waals surface area contributed by atoms with Gasteiger partial charge in [0.2, 0.25) is 0 Å². The number of nitrogens with zero attached hydrogens (tertiary/aromatic N) is 2. The Balaban J connectivity index is 1.71. The summed E-state index contributed by atoms with van der Waals surface area (Å²) in [6.07, 6.45) is 0. The third-order valence-corrected chi connectivity index (χ3v) is 4.27. The van der Waals surface area contributed by atoms with Crippen molar-refractivity contribution in [2.45, 2.75) is 25.9 Å². The summed E-state index contributed by atoms with van der Waals surface area (Å²) in [5.41, 5.74) is 1.27. The van der Waals surface area contributed by atoms with Crippen LogP contribution >= 0.6 is 0 Å². The Morgan fingerprint density at radius 2 is 1.83 bits per heavy atom. The van der Waals surface area contributed by atoms with E-state index in [2.05, 4.69) is 51.6 Å². The largest absolute Gasteiger partial charge is 0.394 e. The highest BCUT2D eigenvalue weighted by atomic mass is 16.3. The molecule has 0 radical (unpaired) electrons. The van der Waals surface area contributed by atoms with Crippen LogP contribution in [-0.2, 0) is 0 Å². The van der Waals surface area contributed by atoms with Gasteiger partial charge < -0.3 is 20.6 Å². The molecule has 3 N–H and O–H groups in total. The molecule has 1 aliphatic rings. The average Bonchev–Trinajstić information content (AvgIpc) is 2.60. The van der Waals surface area contributed by atoms with Gasteiger partial charge in [-0.1, -0.05) is 18.2 Å². The van der Waals surface area contributed by atoms with E-state index in [1.165, 1.54) is 5.69 Å². The molecule has 0 aromatic heterocycles. The van der Waals surface area contributed by atoms with Gasteiger partial charge in [0, 0.05) is 44.5 Å². The number of carbonyl (C=O) groups is 1. The SMILES string of the molecule is CC(CO)NC(=O)NCC(C)N1CCN(c2ccccc2)CC1. The lowest BCUT2D eigenvalue weighted by molar-refractivity contribution is 0.187. The van der Waals surface area contributed by atoms with E-state index in [0.29, 0.717) is 12.6 Å². The first-order chi connectivity index (χ1) is 11.1. The molecule has 6 heteroatoms. The van der Waals surface area contributed by atoms with Crippen molar-refractivity contribution in [3.8, 4) is 0 Å². The number of piperazine rings is 1. The molecule has 1 aromatic rings. The number of hydrogen-bond acceptors (Lipinski definition) is 4. The minimum absolute atomic E-state index is 0.0512. The van der Waals surface area contributed by atoms with Crippen molar-refractivity contribution >= 4 is 11.7 Å². The Bertz CT molecular complexity index is 475. The number of aliphatic hydroxyl groups excluding tert-OH is 1. The van der Waals surface area contributed by atoms with Crippen molar-refractivity contribution in [3.63, 3.8) is 0 Å². The summed E-state index contributed by atoms with van der Waals surface area (Å²) >= 11 is 0. The van der Waals surface area contributed by atoms with Crippen molar-refractivity contribution in [3.05, 3.63) is 30.3 Å². The Hall–Kier alpha value is -1.79. The van der Waals surface area contributed by atoms with Crippen LogP contribution in [0.3, 0.4) is 0 Å². The quantitative estimate of drug-likeness (QED) is 0.728. The molecular weight excluding hydrogens is 292 g/mol. The first-order valence-electron chi connectivity index (χ1n) is 8.29. The summed E-state index contributed by atoms with van der Waals surface area (Å²) in [7, 11) is 0. The molecule has 23 heavy (non-hydrogen) atoms. The lowest BCUT2D eigenvalue weighted by Gasteiger charge is -2.39. The van der Waals surface area contributed by atoms with Crippen molar-refractivity contribution < 1.29 is 9.90 Å². The highest BCUT2D eigenvalue weighted by molar-refractivity contribution is 5.74. The Morgan fingerprint density at radius 1 is 1.17 bits per heavy atom. The summed E-state index contributed by atoms with van der Waals surface area (Å²) in [6.45, 7) is 8.45. The van der Waals surface area contributed by atoms with Crippen LogP contribution in [0.1, 0.15) is 13.8 Å². The van der Waals surface area contributed by atoms with E-state index in [9.17, 15) is 4.79 Å². The number of urea groups is 1. The predicted octanol–water partition coefficient (Wildman–Crippen LogP) is 0.877. The molecule has 128 valence electrons. The summed E-state index contributed by atoms with van der Waals surface area (Å²) in [6, 6.07) is 10.3. The van der Waals surface area contributed by atoms with Gasteiger partial charge in [0.1, 0.15) is 0 Å². The Morgan fingerprint density at radius 3 is 2.43 bits per heavy atom. The molecule has 1 saturated heterocycles. The monoisotopic (exact) mass is 320 g/mol. The second kappa shape index (κ2) is 8.74. The first kappa shape index (κ1) is 17.6. The molecule has 2 amide bonds. The molecule has 2 rings (SSSR count). The first-order valence-corrected chi connectivity index (χ1v) is 8.29. The zero-order valence-corrected chi connectivity index (χ0v) is 14.0. The molecular formula is C17H28N4O2. The summed E-state index contributed by atoms with van der Waals surface area (Å²) in [5.74, 6) is 0. The zero-order chi connectivity index (χ0) is 16.7. The van der Waals surface area contributed by atoms with Gasteiger partial charge in [0.25, 0.3) is 0 Å². The second-order valence-electron chi connectivity index (χ2n) is 6.15. The minimum atomic E-state index is -0.222. The standard InChI is InChI=1S/C17H28N4O2/c1-14(13-22)19-17(23)18-12-15(2)20-8-10-21(11-9-20)16-6-4-3-5-7-16/h3-7,14-15,22H,8-13H2,1-2H3,(H2,18,19,23). The third kappa shape index (κ3) is 5.41. The lowest BCUT2D eigenvalue weighted by atomic mass is 10.2. The summed E-state index contributed by atoms with van der Waals surface area (Å²) in [5, 5.41) is 14.5. The molecule has 1 aliphatic heterocycles. The zero-order valence-electron chi connectivity index (χ0n) is 14.0. The van der Waals surface area contributed by atoms with E-state index in [-0.39, 0.29) is 18.7 Å². The van der Waals surface area contributed by atoms with Gasteiger partial charge in [-0.05, 0) is 26.0 Å². The summed E-state index contributed by atoms with van der Waals surface area (Å²) < 4.78 is 0.